The molecule has 1 amide bonds. The zero-order valence-electron chi connectivity index (χ0n) is 18.8. The fourth-order valence-electron chi connectivity index (χ4n) is 3.78. The number of carbonyl (C=O) groups is 2. The van der Waals surface area contributed by atoms with Crippen LogP contribution in [-0.4, -0.2) is 68.3 Å². The molecule has 1 aliphatic heterocycles. The lowest BCUT2D eigenvalue weighted by Crippen LogP contribution is -2.34. The molecule has 3 rings (SSSR count). The highest BCUT2D eigenvalue weighted by Crippen LogP contribution is 2.45. The van der Waals surface area contributed by atoms with Crippen LogP contribution in [0.4, 0.5) is 0 Å². The summed E-state index contributed by atoms with van der Waals surface area (Å²) >= 11 is 1.22. The summed E-state index contributed by atoms with van der Waals surface area (Å²) in [5.74, 6) is -0.578. The molecular formula is C22H26N2O7S. The zero-order chi connectivity index (χ0) is 23.6. The van der Waals surface area contributed by atoms with E-state index in [9.17, 15) is 14.7 Å². The van der Waals surface area contributed by atoms with E-state index in [2.05, 4.69) is 4.98 Å². The van der Waals surface area contributed by atoms with Crippen LogP contribution in [0.3, 0.4) is 0 Å². The second-order valence-electron chi connectivity index (χ2n) is 7.09. The van der Waals surface area contributed by atoms with Gasteiger partial charge in [-0.15, -0.1) is 11.3 Å². The van der Waals surface area contributed by atoms with Crippen molar-refractivity contribution in [3.05, 3.63) is 44.6 Å². The van der Waals surface area contributed by atoms with Crippen molar-refractivity contribution >= 4 is 23.0 Å². The molecule has 2 heterocycles. The first-order chi connectivity index (χ1) is 15.3. The first-order valence-corrected chi connectivity index (χ1v) is 10.6. The fourth-order valence-corrected chi connectivity index (χ4v) is 4.65. The Kier molecular flexibility index (Phi) is 7.05. The Morgan fingerprint density at radius 2 is 1.75 bits per heavy atom. The van der Waals surface area contributed by atoms with Crippen molar-refractivity contribution in [2.24, 2.45) is 0 Å². The average molecular weight is 463 g/mol. The first kappa shape index (κ1) is 23.6. The number of hydrogen-bond donors (Lipinski definition) is 1. The Morgan fingerprint density at radius 1 is 1.12 bits per heavy atom. The molecule has 1 unspecified atom stereocenters. The lowest BCUT2D eigenvalue weighted by Gasteiger charge is -2.27. The summed E-state index contributed by atoms with van der Waals surface area (Å²) in [6.45, 7) is 3.91. The van der Waals surface area contributed by atoms with E-state index in [0.717, 1.165) is 5.01 Å². The number of carbonyl (C=O) groups excluding carboxylic acids is 2. The van der Waals surface area contributed by atoms with Gasteiger partial charge in [0.25, 0.3) is 5.91 Å². The van der Waals surface area contributed by atoms with Crippen molar-refractivity contribution in [1.82, 2.24) is 9.88 Å². The quantitative estimate of drug-likeness (QED) is 0.567. The highest BCUT2D eigenvalue weighted by molar-refractivity contribution is 7.14. The van der Waals surface area contributed by atoms with E-state index in [-0.39, 0.29) is 18.7 Å². The minimum absolute atomic E-state index is 0.0212. The molecule has 0 spiro atoms. The lowest BCUT2D eigenvalue weighted by molar-refractivity contribution is -0.130. The molecule has 0 bridgehead atoms. The van der Waals surface area contributed by atoms with E-state index in [1.54, 1.807) is 26.0 Å². The number of aliphatic hydroxyl groups excluding tert-OH is 1. The lowest BCUT2D eigenvalue weighted by atomic mass is 9.94. The Labute approximate surface area is 190 Å². The fraction of sp³-hybridized carbons (Fsp3) is 0.409. The van der Waals surface area contributed by atoms with E-state index in [4.69, 9.17) is 18.9 Å². The van der Waals surface area contributed by atoms with E-state index in [1.807, 2.05) is 0 Å². The molecule has 1 aliphatic rings. The van der Waals surface area contributed by atoms with Gasteiger partial charge in [-0.1, -0.05) is 0 Å². The SMILES string of the molecule is COCCN1C(=O)C(O)=C(C(=O)c2sc(C)nc2C)C1c1cc(OC)c(OC)c(OC)c1. The number of aliphatic hydroxyl groups is 1. The van der Waals surface area contributed by atoms with Gasteiger partial charge in [-0.3, -0.25) is 9.59 Å². The summed E-state index contributed by atoms with van der Waals surface area (Å²) in [6.07, 6.45) is 0. The van der Waals surface area contributed by atoms with Crippen LogP contribution in [0.1, 0.15) is 32.0 Å². The molecule has 0 fully saturated rings. The summed E-state index contributed by atoms with van der Waals surface area (Å²) in [5.41, 5.74) is 1.05. The number of thiazole rings is 1. The first-order valence-electron chi connectivity index (χ1n) is 9.80. The molecule has 0 aliphatic carbocycles. The van der Waals surface area contributed by atoms with Gasteiger partial charge in [-0.2, -0.15) is 0 Å². The molecule has 2 aromatic rings. The number of benzene rings is 1. The highest BCUT2D eigenvalue weighted by Gasteiger charge is 2.45. The van der Waals surface area contributed by atoms with Gasteiger partial charge in [-0.25, -0.2) is 4.98 Å². The summed E-state index contributed by atoms with van der Waals surface area (Å²) in [4.78, 5) is 32.6. The second-order valence-corrected chi connectivity index (χ2v) is 8.29. The molecule has 1 atom stereocenters. The molecule has 172 valence electrons. The molecule has 0 radical (unpaired) electrons. The van der Waals surface area contributed by atoms with Crippen LogP contribution < -0.4 is 14.2 Å². The molecular weight excluding hydrogens is 436 g/mol. The van der Waals surface area contributed by atoms with Crippen LogP contribution in [0, 0.1) is 13.8 Å². The van der Waals surface area contributed by atoms with Gasteiger partial charge in [-0.05, 0) is 31.5 Å². The summed E-state index contributed by atoms with van der Waals surface area (Å²) < 4.78 is 21.4. The van der Waals surface area contributed by atoms with Crippen LogP contribution in [-0.2, 0) is 9.53 Å². The molecule has 1 aromatic heterocycles. The third-order valence-corrected chi connectivity index (χ3v) is 6.27. The van der Waals surface area contributed by atoms with Gasteiger partial charge in [0.15, 0.2) is 17.3 Å². The van der Waals surface area contributed by atoms with E-state index in [0.29, 0.717) is 33.4 Å². The Bertz CT molecular complexity index is 1050. The average Bonchev–Trinajstić information content (AvgIpc) is 3.25. The number of methoxy groups -OCH3 is 4. The van der Waals surface area contributed by atoms with Crippen molar-refractivity contribution in [1.29, 1.82) is 0 Å². The maximum absolute atomic E-state index is 13.5. The predicted octanol–water partition coefficient (Wildman–Crippen LogP) is 3.01. The number of Topliss-reactive ketones (excluding diaryl/α,β-unsaturated/α-hetero) is 1. The number of aryl methyl sites for hydroxylation is 2. The maximum Gasteiger partial charge on any atom is 0.290 e. The molecule has 32 heavy (non-hydrogen) atoms. The van der Waals surface area contributed by atoms with Gasteiger partial charge in [0.2, 0.25) is 11.5 Å². The van der Waals surface area contributed by atoms with Crippen LogP contribution in [0.5, 0.6) is 17.2 Å². The van der Waals surface area contributed by atoms with Crippen LogP contribution >= 0.6 is 11.3 Å². The number of aromatic nitrogens is 1. The topological polar surface area (TPSA) is 107 Å². The van der Waals surface area contributed by atoms with Crippen molar-refractivity contribution in [3.63, 3.8) is 0 Å². The number of hydrogen-bond acceptors (Lipinski definition) is 9. The van der Waals surface area contributed by atoms with Gasteiger partial charge >= 0.3 is 0 Å². The number of rotatable bonds is 9. The van der Waals surface area contributed by atoms with Crippen molar-refractivity contribution < 1.29 is 33.6 Å². The maximum atomic E-state index is 13.5. The molecule has 0 saturated heterocycles. The summed E-state index contributed by atoms with van der Waals surface area (Å²) in [5, 5.41) is 11.5. The van der Waals surface area contributed by atoms with Crippen LogP contribution in [0.15, 0.2) is 23.5 Å². The van der Waals surface area contributed by atoms with E-state index >= 15 is 0 Å². The van der Waals surface area contributed by atoms with Gasteiger partial charge in [0, 0.05) is 13.7 Å². The largest absolute Gasteiger partial charge is 0.503 e. The number of ether oxygens (including phenoxy) is 4. The molecule has 9 nitrogen and oxygen atoms in total. The predicted molar refractivity (Wildman–Crippen MR) is 118 cm³/mol. The summed E-state index contributed by atoms with van der Waals surface area (Å²) in [6, 6.07) is 2.45. The number of ketones is 1. The molecule has 1 aromatic carbocycles. The molecule has 10 heteroatoms. The Balaban J connectivity index is 2.21. The monoisotopic (exact) mass is 462 g/mol. The number of amides is 1. The normalized spacial score (nSPS) is 16.0. The highest BCUT2D eigenvalue weighted by atomic mass is 32.1. The Morgan fingerprint density at radius 3 is 2.22 bits per heavy atom. The smallest absolute Gasteiger partial charge is 0.290 e. The Hall–Kier alpha value is -3.11. The second kappa shape index (κ2) is 9.58. The third-order valence-electron chi connectivity index (χ3n) is 5.20. The minimum atomic E-state index is -0.874. The number of nitrogens with zero attached hydrogens (tertiary/aromatic N) is 2. The van der Waals surface area contributed by atoms with E-state index < -0.39 is 23.5 Å². The van der Waals surface area contributed by atoms with Crippen molar-refractivity contribution in [2.75, 3.05) is 41.6 Å². The minimum Gasteiger partial charge on any atom is -0.503 e. The van der Waals surface area contributed by atoms with Crippen molar-refractivity contribution in [3.8, 4) is 17.2 Å². The summed E-state index contributed by atoms with van der Waals surface area (Å²) in [7, 11) is 5.95. The molecule has 1 N–H and O–H groups in total. The standard InChI is InChI=1S/C22H26N2O7S/c1-11-21(32-12(2)23-11)18(25)16-17(24(7-8-28-3)22(27)19(16)26)13-9-14(29-4)20(31-6)15(10-13)30-5/h9-10,17,26H,7-8H2,1-6H3. The van der Waals surface area contributed by atoms with Gasteiger partial charge < -0.3 is 29.0 Å². The van der Waals surface area contributed by atoms with E-state index in [1.165, 1.54) is 44.7 Å². The van der Waals surface area contributed by atoms with Crippen molar-refractivity contribution in [2.45, 2.75) is 19.9 Å². The van der Waals surface area contributed by atoms with Gasteiger partial charge in [0.1, 0.15) is 0 Å². The third kappa shape index (κ3) is 4.03. The zero-order valence-corrected chi connectivity index (χ0v) is 19.7. The molecule has 0 saturated carbocycles. The van der Waals surface area contributed by atoms with Gasteiger partial charge in [0.05, 0.1) is 55.1 Å². The van der Waals surface area contributed by atoms with Crippen LogP contribution in [0.2, 0.25) is 0 Å². The van der Waals surface area contributed by atoms with Crippen LogP contribution in [0.25, 0.3) is 0 Å².